The summed E-state index contributed by atoms with van der Waals surface area (Å²) in [5.41, 5.74) is 6.63. The second-order valence-corrected chi connectivity index (χ2v) is 7.99. The van der Waals surface area contributed by atoms with Crippen molar-refractivity contribution in [3.8, 4) is 22.8 Å². The summed E-state index contributed by atoms with van der Waals surface area (Å²) >= 11 is 0. The molecule has 0 aliphatic heterocycles. The summed E-state index contributed by atoms with van der Waals surface area (Å²) in [5, 5.41) is 0. The molecule has 3 nitrogen and oxygen atoms in total. The first kappa shape index (κ1) is 21.2. The molecule has 1 heterocycles. The van der Waals surface area contributed by atoms with Crippen LogP contribution in [0.5, 0.6) is 0 Å². The predicted molar refractivity (Wildman–Crippen MR) is 125 cm³/mol. The van der Waals surface area contributed by atoms with E-state index in [9.17, 15) is 0 Å². The van der Waals surface area contributed by atoms with Crippen LogP contribution in [0.4, 0.5) is 0 Å². The Kier molecular flexibility index (Phi) is 6.90. The Morgan fingerprint density at radius 2 is 1.23 bits per heavy atom. The molecule has 0 bridgehead atoms. The molecule has 3 aromatic rings. The molecule has 0 atom stereocenters. The molecule has 0 N–H and O–H groups in total. The van der Waals surface area contributed by atoms with E-state index in [4.69, 9.17) is 0 Å². The standard InChI is InChI=1S/C16H13N3.C11H14/c1-12-17-15(13-8-4-2-5-9-13)19-16(18-12)14-10-6-3-7-11-14;1-11(2,3)10-8-6-4-5-7-9-10/h2-11H,1H3;4,6-9H,1-3H3. The van der Waals surface area contributed by atoms with Gasteiger partial charge in [-0.15, -0.1) is 5.73 Å². The van der Waals surface area contributed by atoms with Gasteiger partial charge in [-0.1, -0.05) is 99.7 Å². The molecule has 0 unspecified atom stereocenters. The normalized spacial score (nSPS) is 12.6. The number of benzene rings is 2. The summed E-state index contributed by atoms with van der Waals surface area (Å²) in [6, 6.07) is 19.9. The molecular weight excluding hydrogens is 366 g/mol. The fourth-order valence-electron chi connectivity index (χ4n) is 2.87. The van der Waals surface area contributed by atoms with Crippen LogP contribution < -0.4 is 0 Å². The Morgan fingerprint density at radius 1 is 0.700 bits per heavy atom. The summed E-state index contributed by atoms with van der Waals surface area (Å²) in [5.74, 6) is 2.16. The van der Waals surface area contributed by atoms with Gasteiger partial charge in [-0.05, 0) is 30.1 Å². The van der Waals surface area contributed by atoms with E-state index in [0.29, 0.717) is 11.6 Å². The smallest absolute Gasteiger partial charge is 0.163 e. The highest BCUT2D eigenvalue weighted by molar-refractivity contribution is 5.60. The van der Waals surface area contributed by atoms with Crippen LogP contribution in [0.1, 0.15) is 26.6 Å². The molecule has 0 fully saturated rings. The number of aryl methyl sites for hydroxylation is 1. The lowest BCUT2D eigenvalue weighted by Gasteiger charge is -2.19. The van der Waals surface area contributed by atoms with E-state index in [1.165, 1.54) is 5.57 Å². The van der Waals surface area contributed by atoms with Crippen LogP contribution in [0.3, 0.4) is 0 Å². The highest BCUT2D eigenvalue weighted by Crippen LogP contribution is 2.26. The first-order valence-electron chi connectivity index (χ1n) is 10.1. The molecule has 0 amide bonds. The zero-order valence-corrected chi connectivity index (χ0v) is 18.0. The molecule has 0 saturated heterocycles. The van der Waals surface area contributed by atoms with Gasteiger partial charge in [0.1, 0.15) is 5.82 Å². The highest BCUT2D eigenvalue weighted by Gasteiger charge is 2.13. The van der Waals surface area contributed by atoms with E-state index >= 15 is 0 Å². The van der Waals surface area contributed by atoms with Crippen molar-refractivity contribution < 1.29 is 0 Å². The number of allylic oxidation sites excluding steroid dienone is 5. The first-order chi connectivity index (χ1) is 14.4. The lowest BCUT2D eigenvalue weighted by Crippen LogP contribution is -2.06. The maximum atomic E-state index is 4.55. The summed E-state index contributed by atoms with van der Waals surface area (Å²) in [4.78, 5) is 13.4. The Bertz CT molecular complexity index is 1040. The molecule has 2 aromatic carbocycles. The number of nitrogens with zero attached hydrogens (tertiary/aromatic N) is 3. The largest absolute Gasteiger partial charge is 0.213 e. The van der Waals surface area contributed by atoms with Gasteiger partial charge in [0, 0.05) is 11.1 Å². The summed E-state index contributed by atoms with van der Waals surface area (Å²) in [7, 11) is 0. The van der Waals surface area contributed by atoms with Crippen molar-refractivity contribution in [2.75, 3.05) is 0 Å². The van der Waals surface area contributed by atoms with Gasteiger partial charge in [0.25, 0.3) is 0 Å². The van der Waals surface area contributed by atoms with Gasteiger partial charge in [-0.2, -0.15) is 0 Å². The Hall–Kier alpha value is -3.55. The third kappa shape index (κ3) is 5.97. The lowest BCUT2D eigenvalue weighted by molar-refractivity contribution is 0.517. The Morgan fingerprint density at radius 3 is 1.73 bits per heavy atom. The number of hydrogen-bond acceptors (Lipinski definition) is 3. The molecule has 0 saturated carbocycles. The van der Waals surface area contributed by atoms with Crippen LogP contribution in [0.25, 0.3) is 22.8 Å². The Labute approximate surface area is 179 Å². The van der Waals surface area contributed by atoms with Crippen LogP contribution in [0.2, 0.25) is 0 Å². The minimum absolute atomic E-state index is 0.243. The fraction of sp³-hybridized carbons (Fsp3) is 0.185. The van der Waals surface area contributed by atoms with Gasteiger partial charge in [0.05, 0.1) is 0 Å². The predicted octanol–water partition coefficient (Wildman–Crippen LogP) is 6.75. The van der Waals surface area contributed by atoms with Crippen molar-refractivity contribution in [3.05, 3.63) is 108 Å². The van der Waals surface area contributed by atoms with E-state index in [1.807, 2.05) is 85.8 Å². The van der Waals surface area contributed by atoms with E-state index in [1.54, 1.807) is 0 Å². The van der Waals surface area contributed by atoms with Gasteiger partial charge in [0.15, 0.2) is 11.6 Å². The zero-order valence-electron chi connectivity index (χ0n) is 18.0. The lowest BCUT2D eigenvalue weighted by atomic mass is 9.86. The number of rotatable bonds is 2. The molecular formula is C27H27N3. The third-order valence-electron chi connectivity index (χ3n) is 4.50. The van der Waals surface area contributed by atoms with Gasteiger partial charge in [0.2, 0.25) is 0 Å². The first-order valence-corrected chi connectivity index (χ1v) is 10.1. The van der Waals surface area contributed by atoms with Gasteiger partial charge < -0.3 is 0 Å². The van der Waals surface area contributed by atoms with E-state index in [-0.39, 0.29) is 5.41 Å². The second kappa shape index (κ2) is 9.78. The molecule has 0 spiro atoms. The monoisotopic (exact) mass is 393 g/mol. The SMILES string of the molecule is CC(C)(C)C1=CC=C=CC=C1.Cc1nc(-c2ccccc2)nc(-c2ccccc2)n1. The summed E-state index contributed by atoms with van der Waals surface area (Å²) in [6.45, 7) is 8.52. The van der Waals surface area contributed by atoms with Gasteiger partial charge in [-0.25, -0.2) is 15.0 Å². The minimum atomic E-state index is 0.243. The highest BCUT2D eigenvalue weighted by atomic mass is 15.0. The molecule has 3 heteroatoms. The molecule has 1 aliphatic carbocycles. The van der Waals surface area contributed by atoms with Crippen molar-refractivity contribution in [1.82, 2.24) is 15.0 Å². The molecule has 1 aromatic heterocycles. The average Bonchev–Trinajstić information content (AvgIpc) is 3.05. The van der Waals surface area contributed by atoms with E-state index in [2.05, 4.69) is 53.6 Å². The molecule has 30 heavy (non-hydrogen) atoms. The maximum Gasteiger partial charge on any atom is 0.163 e. The molecule has 150 valence electrons. The van der Waals surface area contributed by atoms with E-state index in [0.717, 1.165) is 17.0 Å². The van der Waals surface area contributed by atoms with Crippen LogP contribution in [-0.2, 0) is 0 Å². The van der Waals surface area contributed by atoms with E-state index < -0.39 is 0 Å². The van der Waals surface area contributed by atoms with Crippen molar-refractivity contribution in [3.63, 3.8) is 0 Å². The quantitative estimate of drug-likeness (QED) is 0.452. The van der Waals surface area contributed by atoms with Crippen molar-refractivity contribution >= 4 is 0 Å². The fourth-order valence-corrected chi connectivity index (χ4v) is 2.87. The third-order valence-corrected chi connectivity index (χ3v) is 4.50. The second-order valence-electron chi connectivity index (χ2n) is 7.99. The van der Waals surface area contributed by atoms with Crippen molar-refractivity contribution in [2.24, 2.45) is 5.41 Å². The van der Waals surface area contributed by atoms with Crippen molar-refractivity contribution in [1.29, 1.82) is 0 Å². The molecule has 0 radical (unpaired) electrons. The van der Waals surface area contributed by atoms with Gasteiger partial charge in [-0.3, -0.25) is 0 Å². The average molecular weight is 394 g/mol. The summed E-state index contributed by atoms with van der Waals surface area (Å²) in [6.07, 6.45) is 10.2. The van der Waals surface area contributed by atoms with Crippen LogP contribution in [0.15, 0.2) is 102 Å². The maximum absolute atomic E-state index is 4.55. The van der Waals surface area contributed by atoms with Crippen LogP contribution >= 0.6 is 0 Å². The Balaban J connectivity index is 0.000000199. The zero-order chi connectivity index (χ0) is 21.4. The van der Waals surface area contributed by atoms with Crippen LogP contribution in [0, 0.1) is 12.3 Å². The number of hydrogen-bond donors (Lipinski definition) is 0. The minimum Gasteiger partial charge on any atom is -0.213 e. The van der Waals surface area contributed by atoms with Crippen LogP contribution in [-0.4, -0.2) is 15.0 Å². The van der Waals surface area contributed by atoms with Gasteiger partial charge >= 0.3 is 0 Å². The molecule has 4 rings (SSSR count). The van der Waals surface area contributed by atoms with Crippen molar-refractivity contribution in [2.45, 2.75) is 27.7 Å². The molecule has 1 aliphatic rings. The summed E-state index contributed by atoms with van der Waals surface area (Å²) < 4.78 is 0. The number of aromatic nitrogens is 3. The topological polar surface area (TPSA) is 38.7 Å².